The lowest BCUT2D eigenvalue weighted by Gasteiger charge is -2.43. The Kier molecular flexibility index (Phi) is 5.41. The van der Waals surface area contributed by atoms with Crippen LogP contribution >= 0.6 is 15.9 Å². The molecule has 1 N–H and O–H groups in total. The van der Waals surface area contributed by atoms with Crippen LogP contribution in [-0.2, 0) is 15.0 Å². The lowest BCUT2D eigenvalue weighted by atomic mass is 9.63. The van der Waals surface area contributed by atoms with E-state index in [4.69, 9.17) is 0 Å². The summed E-state index contributed by atoms with van der Waals surface area (Å²) in [7, 11) is 1.63. The number of anilines is 1. The smallest absolute Gasteiger partial charge is 0.244 e. The van der Waals surface area contributed by atoms with Crippen LogP contribution in [-0.4, -0.2) is 30.3 Å². The van der Waals surface area contributed by atoms with Crippen LogP contribution in [0.25, 0.3) is 0 Å². The molecule has 0 saturated heterocycles. The Balaban J connectivity index is 1.69. The van der Waals surface area contributed by atoms with E-state index >= 15 is 0 Å². The first-order chi connectivity index (χ1) is 12.4. The van der Waals surface area contributed by atoms with Gasteiger partial charge in [-0.15, -0.1) is 0 Å². The molecule has 0 bridgehead atoms. The molecular weight excluding hydrogens is 399 g/mol. The van der Waals surface area contributed by atoms with Gasteiger partial charge in [0.15, 0.2) is 0 Å². The van der Waals surface area contributed by atoms with E-state index in [0.29, 0.717) is 18.5 Å². The van der Waals surface area contributed by atoms with Gasteiger partial charge in [-0.1, -0.05) is 30.7 Å². The maximum Gasteiger partial charge on any atom is 0.244 e. The Morgan fingerprint density at radius 2 is 1.81 bits per heavy atom. The highest BCUT2D eigenvalue weighted by molar-refractivity contribution is 9.10. The van der Waals surface area contributed by atoms with E-state index in [0.717, 1.165) is 16.5 Å². The fraction of sp³-hybridized carbons (Fsp3) is 0.300. The Hall–Kier alpha value is -2.21. The number of benzene rings is 2. The minimum atomic E-state index is -0.643. The summed E-state index contributed by atoms with van der Waals surface area (Å²) in [6.07, 6.45) is 2.38. The maximum absolute atomic E-state index is 13.2. The number of hydrogen-bond acceptors (Lipinski definition) is 2. The van der Waals surface area contributed by atoms with Crippen LogP contribution in [0.2, 0.25) is 0 Å². The van der Waals surface area contributed by atoms with Gasteiger partial charge in [0.25, 0.3) is 0 Å². The molecule has 4 nitrogen and oxygen atoms in total. The largest absolute Gasteiger partial charge is 0.336 e. The van der Waals surface area contributed by atoms with Crippen molar-refractivity contribution >= 4 is 33.4 Å². The van der Waals surface area contributed by atoms with Gasteiger partial charge in [-0.05, 0) is 58.6 Å². The normalized spacial score (nSPS) is 15.0. The van der Waals surface area contributed by atoms with Crippen LogP contribution < -0.4 is 5.32 Å². The fourth-order valence-electron chi connectivity index (χ4n) is 3.33. The van der Waals surface area contributed by atoms with E-state index in [1.54, 1.807) is 25.2 Å². The van der Waals surface area contributed by atoms with Gasteiger partial charge < -0.3 is 10.2 Å². The summed E-state index contributed by atoms with van der Waals surface area (Å²) in [5.74, 6) is -0.684. The standard InChI is InChI=1S/C20H20BrFN2O2/c1-24(13-18(25)23-17-6-3-2-5-16(17)21)19(26)20(11-4-12-20)14-7-9-15(22)10-8-14/h2-3,5-10H,4,11-13H2,1H3,(H,23,25). The maximum atomic E-state index is 13.2. The molecule has 2 aromatic rings. The number of rotatable bonds is 5. The van der Waals surface area contributed by atoms with Gasteiger partial charge in [0.2, 0.25) is 11.8 Å². The van der Waals surface area contributed by atoms with Crippen molar-refractivity contribution in [2.75, 3.05) is 18.9 Å². The quantitative estimate of drug-likeness (QED) is 0.793. The topological polar surface area (TPSA) is 49.4 Å². The van der Waals surface area contributed by atoms with Gasteiger partial charge in [0.05, 0.1) is 17.6 Å². The molecule has 6 heteroatoms. The van der Waals surface area contributed by atoms with E-state index in [2.05, 4.69) is 21.2 Å². The molecule has 1 saturated carbocycles. The summed E-state index contributed by atoms with van der Waals surface area (Å²) in [4.78, 5) is 26.8. The average Bonchev–Trinajstić information content (AvgIpc) is 2.57. The van der Waals surface area contributed by atoms with Crippen molar-refractivity contribution in [3.05, 3.63) is 64.4 Å². The highest BCUT2D eigenvalue weighted by Crippen LogP contribution is 2.45. The van der Waals surface area contributed by atoms with Crippen molar-refractivity contribution in [3.63, 3.8) is 0 Å². The van der Waals surface area contributed by atoms with Crippen molar-refractivity contribution in [1.82, 2.24) is 4.90 Å². The van der Waals surface area contributed by atoms with Gasteiger partial charge >= 0.3 is 0 Å². The number of para-hydroxylation sites is 1. The summed E-state index contributed by atoms with van der Waals surface area (Å²) in [5.41, 5.74) is 0.833. The zero-order valence-corrected chi connectivity index (χ0v) is 16.1. The van der Waals surface area contributed by atoms with Crippen LogP contribution in [0.15, 0.2) is 53.0 Å². The van der Waals surface area contributed by atoms with Crippen LogP contribution in [0.5, 0.6) is 0 Å². The number of carbonyl (C=O) groups excluding carboxylic acids is 2. The highest BCUT2D eigenvalue weighted by atomic mass is 79.9. The van der Waals surface area contributed by atoms with E-state index in [1.165, 1.54) is 17.0 Å². The van der Waals surface area contributed by atoms with E-state index in [9.17, 15) is 14.0 Å². The molecule has 0 spiro atoms. The lowest BCUT2D eigenvalue weighted by molar-refractivity contribution is -0.141. The molecule has 0 unspecified atom stereocenters. The van der Waals surface area contributed by atoms with Crippen LogP contribution in [0.3, 0.4) is 0 Å². The Morgan fingerprint density at radius 1 is 1.15 bits per heavy atom. The molecule has 0 atom stereocenters. The van der Waals surface area contributed by atoms with E-state index in [-0.39, 0.29) is 24.2 Å². The molecule has 1 aliphatic carbocycles. The van der Waals surface area contributed by atoms with Gasteiger partial charge in [0, 0.05) is 11.5 Å². The summed E-state index contributed by atoms with van der Waals surface area (Å²) in [6, 6.07) is 13.4. The van der Waals surface area contributed by atoms with Gasteiger partial charge in [0.1, 0.15) is 5.82 Å². The summed E-state index contributed by atoms with van der Waals surface area (Å²) in [5, 5.41) is 2.80. The van der Waals surface area contributed by atoms with Crippen molar-refractivity contribution in [1.29, 1.82) is 0 Å². The first kappa shape index (κ1) is 18.6. The fourth-order valence-corrected chi connectivity index (χ4v) is 3.71. The zero-order chi connectivity index (χ0) is 18.7. The van der Waals surface area contributed by atoms with Crippen LogP contribution in [0.1, 0.15) is 24.8 Å². The van der Waals surface area contributed by atoms with Gasteiger partial charge in [-0.25, -0.2) is 4.39 Å². The number of amides is 2. The minimum Gasteiger partial charge on any atom is -0.336 e. The van der Waals surface area contributed by atoms with E-state index < -0.39 is 5.41 Å². The molecule has 2 aromatic carbocycles. The number of halogens is 2. The molecule has 0 heterocycles. The Labute approximate surface area is 160 Å². The summed E-state index contributed by atoms with van der Waals surface area (Å²) >= 11 is 3.38. The number of nitrogens with one attached hydrogen (secondary N) is 1. The molecule has 3 rings (SSSR count). The third-order valence-corrected chi connectivity index (χ3v) is 5.58. The lowest BCUT2D eigenvalue weighted by Crippen LogP contribution is -2.51. The number of likely N-dealkylation sites (N-methyl/N-ethyl adjacent to an activating group) is 1. The predicted octanol–water partition coefficient (Wildman–Crippen LogP) is 4.11. The Morgan fingerprint density at radius 3 is 2.38 bits per heavy atom. The molecule has 0 aliphatic heterocycles. The second kappa shape index (κ2) is 7.58. The van der Waals surface area contributed by atoms with Crippen molar-refractivity contribution in [3.8, 4) is 0 Å². The van der Waals surface area contributed by atoms with E-state index in [1.807, 2.05) is 18.2 Å². The van der Waals surface area contributed by atoms with Gasteiger partial charge in [-0.3, -0.25) is 9.59 Å². The monoisotopic (exact) mass is 418 g/mol. The minimum absolute atomic E-state index is 0.0386. The number of hydrogen-bond donors (Lipinski definition) is 1. The molecule has 2 amide bonds. The SMILES string of the molecule is CN(CC(=O)Nc1ccccc1Br)C(=O)C1(c2ccc(F)cc2)CCC1. The van der Waals surface area contributed by atoms with Crippen LogP contribution in [0, 0.1) is 5.82 Å². The first-order valence-corrected chi connectivity index (χ1v) is 9.28. The molecule has 1 fully saturated rings. The van der Waals surface area contributed by atoms with Gasteiger partial charge in [-0.2, -0.15) is 0 Å². The second-order valence-electron chi connectivity index (χ2n) is 6.63. The molecule has 0 radical (unpaired) electrons. The third-order valence-electron chi connectivity index (χ3n) is 4.89. The average molecular weight is 419 g/mol. The second-order valence-corrected chi connectivity index (χ2v) is 7.49. The Bertz CT molecular complexity index is 819. The first-order valence-electron chi connectivity index (χ1n) is 8.48. The molecule has 26 heavy (non-hydrogen) atoms. The van der Waals surface area contributed by atoms with Crippen LogP contribution in [0.4, 0.5) is 10.1 Å². The molecular formula is C20H20BrFN2O2. The van der Waals surface area contributed by atoms with Crippen molar-refractivity contribution in [2.45, 2.75) is 24.7 Å². The predicted molar refractivity (Wildman–Crippen MR) is 102 cm³/mol. The molecule has 0 aromatic heterocycles. The number of nitrogens with zero attached hydrogens (tertiary/aromatic N) is 1. The summed E-state index contributed by atoms with van der Waals surface area (Å²) < 4.78 is 14.0. The summed E-state index contributed by atoms with van der Waals surface area (Å²) in [6.45, 7) is -0.0386. The molecule has 1 aliphatic rings. The number of carbonyl (C=O) groups is 2. The van der Waals surface area contributed by atoms with Crippen molar-refractivity contribution < 1.29 is 14.0 Å². The zero-order valence-electron chi connectivity index (χ0n) is 14.5. The van der Waals surface area contributed by atoms with Crippen molar-refractivity contribution in [2.24, 2.45) is 0 Å². The molecule has 136 valence electrons. The highest BCUT2D eigenvalue weighted by Gasteiger charge is 2.47. The third kappa shape index (κ3) is 3.65.